The number of hydrogen-bond donors (Lipinski definition) is 2. The molecule has 1 rings (SSSR count). The molecular formula is C20H32N2O3. The van der Waals surface area contributed by atoms with Gasteiger partial charge in [0, 0.05) is 25.3 Å². The summed E-state index contributed by atoms with van der Waals surface area (Å²) in [5.41, 5.74) is 1.65. The average Bonchev–Trinajstić information content (AvgIpc) is 2.55. The molecule has 2 N–H and O–H groups in total. The van der Waals surface area contributed by atoms with E-state index in [1.807, 2.05) is 32.9 Å². The van der Waals surface area contributed by atoms with Crippen LogP contribution >= 0.6 is 0 Å². The molecule has 0 saturated carbocycles. The van der Waals surface area contributed by atoms with Crippen molar-refractivity contribution in [1.29, 1.82) is 0 Å². The number of nitrogens with one attached hydrogen (secondary N) is 2. The van der Waals surface area contributed by atoms with Gasteiger partial charge in [-0.05, 0) is 37.3 Å². The Morgan fingerprint density at radius 3 is 2.28 bits per heavy atom. The molecule has 0 bridgehead atoms. The van der Waals surface area contributed by atoms with Crippen molar-refractivity contribution in [3.8, 4) is 0 Å². The summed E-state index contributed by atoms with van der Waals surface area (Å²) >= 11 is 0. The van der Waals surface area contributed by atoms with Crippen LogP contribution in [0.25, 0.3) is 0 Å². The standard InChI is InChI=1S/C20H32N2O3/c1-14(2)13-25-12-6-11-21-20(24)18(15(3)4)22-19(23)17-9-7-16(5)8-10-17/h7-10,14-15,18H,6,11-13H2,1-5H3,(H,21,24)(H,22,23). The lowest BCUT2D eigenvalue weighted by atomic mass is 10.0. The maximum Gasteiger partial charge on any atom is 0.251 e. The van der Waals surface area contributed by atoms with Crippen molar-refractivity contribution in [3.05, 3.63) is 35.4 Å². The molecule has 0 spiro atoms. The summed E-state index contributed by atoms with van der Waals surface area (Å²) in [6, 6.07) is 6.76. The molecule has 1 aromatic carbocycles. The van der Waals surface area contributed by atoms with Gasteiger partial charge in [0.25, 0.3) is 5.91 Å². The zero-order valence-corrected chi connectivity index (χ0v) is 16.1. The molecule has 0 radical (unpaired) electrons. The Hall–Kier alpha value is -1.88. The van der Waals surface area contributed by atoms with Gasteiger partial charge in [0.2, 0.25) is 5.91 Å². The van der Waals surface area contributed by atoms with Gasteiger partial charge in [-0.2, -0.15) is 0 Å². The first-order chi connectivity index (χ1) is 11.8. The van der Waals surface area contributed by atoms with Crippen LogP contribution in [-0.4, -0.2) is 37.6 Å². The minimum absolute atomic E-state index is 0.00610. The number of carbonyl (C=O) groups is 2. The van der Waals surface area contributed by atoms with E-state index in [1.165, 1.54) is 0 Å². The van der Waals surface area contributed by atoms with Crippen LogP contribution in [-0.2, 0) is 9.53 Å². The number of aryl methyl sites for hydroxylation is 1. The van der Waals surface area contributed by atoms with Gasteiger partial charge >= 0.3 is 0 Å². The highest BCUT2D eigenvalue weighted by molar-refractivity contribution is 5.97. The lowest BCUT2D eigenvalue weighted by Gasteiger charge is -2.22. The van der Waals surface area contributed by atoms with Gasteiger partial charge in [-0.15, -0.1) is 0 Å². The zero-order chi connectivity index (χ0) is 18.8. The maximum absolute atomic E-state index is 12.4. The highest BCUT2D eigenvalue weighted by Crippen LogP contribution is 2.07. The number of benzene rings is 1. The zero-order valence-electron chi connectivity index (χ0n) is 16.1. The maximum atomic E-state index is 12.4. The van der Waals surface area contributed by atoms with E-state index in [4.69, 9.17) is 4.74 Å². The van der Waals surface area contributed by atoms with Gasteiger partial charge in [0.1, 0.15) is 6.04 Å². The summed E-state index contributed by atoms with van der Waals surface area (Å²) in [6.07, 6.45) is 0.759. The third-order valence-electron chi connectivity index (χ3n) is 3.77. The van der Waals surface area contributed by atoms with Crippen LogP contribution in [0.5, 0.6) is 0 Å². The van der Waals surface area contributed by atoms with Crippen LogP contribution in [0.4, 0.5) is 0 Å². The molecule has 0 aromatic heterocycles. The fourth-order valence-corrected chi connectivity index (χ4v) is 2.28. The van der Waals surface area contributed by atoms with E-state index in [1.54, 1.807) is 12.1 Å². The molecular weight excluding hydrogens is 316 g/mol. The molecule has 0 aliphatic rings. The van der Waals surface area contributed by atoms with Crippen LogP contribution < -0.4 is 10.6 Å². The van der Waals surface area contributed by atoms with E-state index in [0.29, 0.717) is 24.6 Å². The van der Waals surface area contributed by atoms with Crippen molar-refractivity contribution in [3.63, 3.8) is 0 Å². The molecule has 140 valence electrons. The second-order valence-corrected chi connectivity index (χ2v) is 7.17. The van der Waals surface area contributed by atoms with Crippen LogP contribution in [0, 0.1) is 18.8 Å². The quantitative estimate of drug-likeness (QED) is 0.639. The number of amides is 2. The average molecular weight is 348 g/mol. The molecule has 0 aliphatic carbocycles. The van der Waals surface area contributed by atoms with Crippen molar-refractivity contribution in [2.24, 2.45) is 11.8 Å². The molecule has 1 aromatic rings. The highest BCUT2D eigenvalue weighted by atomic mass is 16.5. The molecule has 25 heavy (non-hydrogen) atoms. The third kappa shape index (κ3) is 8.16. The number of ether oxygens (including phenoxy) is 1. The van der Waals surface area contributed by atoms with E-state index in [2.05, 4.69) is 24.5 Å². The topological polar surface area (TPSA) is 67.4 Å². The van der Waals surface area contributed by atoms with Crippen LogP contribution in [0.15, 0.2) is 24.3 Å². The Balaban J connectivity index is 2.45. The van der Waals surface area contributed by atoms with Gasteiger partial charge in [0.15, 0.2) is 0 Å². The van der Waals surface area contributed by atoms with Gasteiger partial charge < -0.3 is 15.4 Å². The second kappa shape index (κ2) is 10.9. The SMILES string of the molecule is Cc1ccc(C(=O)NC(C(=O)NCCCOCC(C)C)C(C)C)cc1. The fraction of sp³-hybridized carbons (Fsp3) is 0.600. The van der Waals surface area contributed by atoms with Crippen LogP contribution in [0.2, 0.25) is 0 Å². The summed E-state index contributed by atoms with van der Waals surface area (Å²) in [5.74, 6) is 0.136. The fourth-order valence-electron chi connectivity index (χ4n) is 2.28. The van der Waals surface area contributed by atoms with Crippen LogP contribution in [0.1, 0.15) is 50.0 Å². The van der Waals surface area contributed by atoms with E-state index < -0.39 is 6.04 Å². The van der Waals surface area contributed by atoms with Gasteiger partial charge in [-0.25, -0.2) is 0 Å². The predicted molar refractivity (Wildman–Crippen MR) is 101 cm³/mol. The molecule has 1 unspecified atom stereocenters. The first-order valence-electron chi connectivity index (χ1n) is 9.04. The molecule has 0 fully saturated rings. The number of rotatable bonds is 10. The first kappa shape index (κ1) is 21.2. The van der Waals surface area contributed by atoms with Crippen molar-refractivity contribution >= 4 is 11.8 Å². The Morgan fingerprint density at radius 2 is 1.72 bits per heavy atom. The smallest absolute Gasteiger partial charge is 0.251 e. The van der Waals surface area contributed by atoms with Crippen molar-refractivity contribution in [2.75, 3.05) is 19.8 Å². The highest BCUT2D eigenvalue weighted by Gasteiger charge is 2.24. The Morgan fingerprint density at radius 1 is 1.08 bits per heavy atom. The molecule has 0 aliphatic heterocycles. The van der Waals surface area contributed by atoms with E-state index in [9.17, 15) is 9.59 Å². The lowest BCUT2D eigenvalue weighted by Crippen LogP contribution is -2.50. The minimum Gasteiger partial charge on any atom is -0.381 e. The monoisotopic (exact) mass is 348 g/mol. The predicted octanol–water partition coefficient (Wildman–Crippen LogP) is 2.93. The largest absolute Gasteiger partial charge is 0.381 e. The van der Waals surface area contributed by atoms with Crippen molar-refractivity contribution < 1.29 is 14.3 Å². The van der Waals surface area contributed by atoms with Gasteiger partial charge in [-0.3, -0.25) is 9.59 Å². The Bertz CT molecular complexity index is 538. The number of carbonyl (C=O) groups excluding carboxylic acids is 2. The van der Waals surface area contributed by atoms with Crippen molar-refractivity contribution in [1.82, 2.24) is 10.6 Å². The summed E-state index contributed by atoms with van der Waals surface area (Å²) in [7, 11) is 0. The van der Waals surface area contributed by atoms with Gasteiger partial charge in [0.05, 0.1) is 0 Å². The Kier molecular flexibility index (Phi) is 9.21. The lowest BCUT2D eigenvalue weighted by molar-refractivity contribution is -0.124. The van der Waals surface area contributed by atoms with E-state index in [0.717, 1.165) is 18.6 Å². The normalized spacial score (nSPS) is 12.3. The summed E-state index contributed by atoms with van der Waals surface area (Å²) in [5, 5.41) is 5.72. The minimum atomic E-state index is -0.551. The van der Waals surface area contributed by atoms with Gasteiger partial charge in [-0.1, -0.05) is 45.4 Å². The first-order valence-corrected chi connectivity index (χ1v) is 9.04. The van der Waals surface area contributed by atoms with Crippen LogP contribution in [0.3, 0.4) is 0 Å². The van der Waals surface area contributed by atoms with E-state index >= 15 is 0 Å². The molecule has 0 saturated heterocycles. The number of hydrogen-bond acceptors (Lipinski definition) is 3. The summed E-state index contributed by atoms with van der Waals surface area (Å²) in [4.78, 5) is 24.7. The molecule has 2 amide bonds. The second-order valence-electron chi connectivity index (χ2n) is 7.17. The third-order valence-corrected chi connectivity index (χ3v) is 3.77. The molecule has 5 nitrogen and oxygen atoms in total. The molecule has 5 heteroatoms. The van der Waals surface area contributed by atoms with Crippen molar-refractivity contribution in [2.45, 2.75) is 47.1 Å². The molecule has 1 atom stereocenters. The molecule has 0 heterocycles. The Labute approximate surface area is 151 Å². The summed E-state index contributed by atoms with van der Waals surface area (Å²) in [6.45, 7) is 11.9. The summed E-state index contributed by atoms with van der Waals surface area (Å²) < 4.78 is 5.50. The van der Waals surface area contributed by atoms with E-state index in [-0.39, 0.29) is 17.7 Å².